The molecule has 0 saturated heterocycles. The predicted molar refractivity (Wildman–Crippen MR) is 293 cm³/mol. The van der Waals surface area contributed by atoms with E-state index in [2.05, 4.69) is 244 Å². The van der Waals surface area contributed by atoms with E-state index >= 15 is 0 Å². The van der Waals surface area contributed by atoms with Crippen LogP contribution in [0.3, 0.4) is 0 Å². The summed E-state index contributed by atoms with van der Waals surface area (Å²) in [4.78, 5) is 15.4. The molecule has 0 atom stereocenters. The van der Waals surface area contributed by atoms with Gasteiger partial charge in [0.05, 0.1) is 33.3 Å². The van der Waals surface area contributed by atoms with Crippen molar-refractivity contribution in [2.45, 2.75) is 0 Å². The summed E-state index contributed by atoms with van der Waals surface area (Å²) in [5.41, 5.74) is 16.4. The molecule has 10 aromatic carbocycles. The molecule has 0 aliphatic rings. The molecule has 0 bridgehead atoms. The van der Waals surface area contributed by atoms with E-state index in [0.29, 0.717) is 17.5 Å². The number of para-hydroxylation sites is 2. The van der Waals surface area contributed by atoms with Crippen LogP contribution < -0.4 is 0 Å². The van der Waals surface area contributed by atoms with E-state index in [1.54, 1.807) is 0 Å². The number of fused-ring (bicyclic) bond motifs is 8. The van der Waals surface area contributed by atoms with Crippen molar-refractivity contribution in [2.75, 3.05) is 0 Å². The normalized spacial score (nSPS) is 11.7. The first-order valence-corrected chi connectivity index (χ1v) is 24.0. The van der Waals surface area contributed by atoms with Crippen LogP contribution in [0.5, 0.6) is 0 Å². The van der Waals surface area contributed by atoms with E-state index in [-0.39, 0.29) is 0 Å². The second-order valence-electron chi connectivity index (χ2n) is 18.0. The summed E-state index contributed by atoms with van der Waals surface area (Å²) in [5, 5.41) is 6.00. The third kappa shape index (κ3) is 6.76. The topological polar surface area (TPSA) is 53.5 Å². The third-order valence-corrected chi connectivity index (χ3v) is 13.9. The van der Waals surface area contributed by atoms with Gasteiger partial charge in [-0.2, -0.15) is 0 Å². The lowest BCUT2D eigenvalue weighted by Gasteiger charge is -2.13. The van der Waals surface area contributed by atoms with Gasteiger partial charge in [0, 0.05) is 61.2 Å². The highest BCUT2D eigenvalue weighted by Crippen LogP contribution is 2.42. The molecular formula is C65H42N6. The SMILES string of the molecule is c1ccc(-c2ccc(-c3nc(-c4ccccc4)nc(-c4cccc(-n5c6ccc(-c7ccccc7)cc6c6c(-n7ccc8c7ccc7c9ccccc9n(-c9ccccc9)c78)cccc65)c4)n3)cc2)cc1. The molecule has 0 aliphatic carbocycles. The second-order valence-corrected chi connectivity index (χ2v) is 18.0. The van der Waals surface area contributed by atoms with Gasteiger partial charge in [-0.25, -0.2) is 15.0 Å². The van der Waals surface area contributed by atoms with E-state index in [4.69, 9.17) is 15.0 Å². The standard InChI is InChI=1S/C65H42N6/c1-5-17-43(18-6-1)45-31-33-47(34-32-45)64-66-63(46-21-9-3-10-22-46)67-65(68-64)49-23-15-26-51(41-49)70-58-37-35-48(44-19-7-2-8-20-44)42-55(58)61-59(29-16-30-60(61)70)69-40-39-54-56(69)38-36-53-52-27-13-14-28-57(52)71(62(53)54)50-24-11-4-12-25-50/h1-42H. The molecule has 332 valence electrons. The molecule has 4 aromatic heterocycles. The third-order valence-electron chi connectivity index (χ3n) is 13.9. The summed E-state index contributed by atoms with van der Waals surface area (Å²) in [6, 6.07) is 88.3. The quantitative estimate of drug-likeness (QED) is 0.153. The number of hydrogen-bond donors (Lipinski definition) is 0. The minimum Gasteiger partial charge on any atom is -0.316 e. The minimum atomic E-state index is 0.605. The molecule has 71 heavy (non-hydrogen) atoms. The van der Waals surface area contributed by atoms with Crippen molar-refractivity contribution in [1.82, 2.24) is 28.7 Å². The molecule has 0 spiro atoms. The molecule has 0 saturated carbocycles. The summed E-state index contributed by atoms with van der Waals surface area (Å²) < 4.78 is 7.19. The molecule has 0 fully saturated rings. The number of nitrogens with zero attached hydrogens (tertiary/aromatic N) is 6. The summed E-state index contributed by atoms with van der Waals surface area (Å²) in [6.07, 6.45) is 2.24. The van der Waals surface area contributed by atoms with Crippen LogP contribution in [0.15, 0.2) is 255 Å². The summed E-state index contributed by atoms with van der Waals surface area (Å²) in [7, 11) is 0. The van der Waals surface area contributed by atoms with Crippen LogP contribution in [-0.4, -0.2) is 28.7 Å². The van der Waals surface area contributed by atoms with E-state index < -0.39 is 0 Å². The lowest BCUT2D eigenvalue weighted by atomic mass is 10.0. The van der Waals surface area contributed by atoms with Crippen LogP contribution in [0.1, 0.15) is 0 Å². The Balaban J connectivity index is 0.962. The van der Waals surface area contributed by atoms with Gasteiger partial charge in [-0.1, -0.05) is 182 Å². The molecule has 14 rings (SSSR count). The average molecular weight is 907 g/mol. The van der Waals surface area contributed by atoms with Gasteiger partial charge in [0.2, 0.25) is 0 Å². The Morgan fingerprint density at radius 1 is 0.268 bits per heavy atom. The van der Waals surface area contributed by atoms with Gasteiger partial charge in [-0.3, -0.25) is 0 Å². The van der Waals surface area contributed by atoms with Gasteiger partial charge >= 0.3 is 0 Å². The van der Waals surface area contributed by atoms with Crippen molar-refractivity contribution in [1.29, 1.82) is 0 Å². The Bertz CT molecular complexity index is 4300. The van der Waals surface area contributed by atoms with Gasteiger partial charge in [0.1, 0.15) is 0 Å². The van der Waals surface area contributed by atoms with Crippen LogP contribution in [0.4, 0.5) is 0 Å². The monoisotopic (exact) mass is 906 g/mol. The summed E-state index contributed by atoms with van der Waals surface area (Å²) in [6.45, 7) is 0. The Labute approximate surface area is 409 Å². The highest BCUT2D eigenvalue weighted by molar-refractivity contribution is 6.19. The summed E-state index contributed by atoms with van der Waals surface area (Å²) >= 11 is 0. The molecule has 4 heterocycles. The first-order chi connectivity index (χ1) is 35.2. The van der Waals surface area contributed by atoms with Crippen LogP contribution in [-0.2, 0) is 0 Å². The average Bonchev–Trinajstić information content (AvgIpc) is 4.14. The van der Waals surface area contributed by atoms with E-state index in [9.17, 15) is 0 Å². The molecular weight excluding hydrogens is 865 g/mol. The number of benzene rings is 10. The summed E-state index contributed by atoms with van der Waals surface area (Å²) in [5.74, 6) is 1.85. The molecule has 6 heteroatoms. The van der Waals surface area contributed by atoms with E-state index in [1.165, 1.54) is 38.1 Å². The van der Waals surface area contributed by atoms with Gasteiger partial charge in [-0.15, -0.1) is 0 Å². The maximum atomic E-state index is 5.20. The van der Waals surface area contributed by atoms with E-state index in [0.717, 1.165) is 72.4 Å². The van der Waals surface area contributed by atoms with Crippen LogP contribution >= 0.6 is 0 Å². The van der Waals surface area contributed by atoms with Crippen LogP contribution in [0.2, 0.25) is 0 Å². The Morgan fingerprint density at radius 3 is 1.51 bits per heavy atom. The fourth-order valence-electron chi connectivity index (χ4n) is 10.6. The lowest BCUT2D eigenvalue weighted by Crippen LogP contribution is -2.01. The molecule has 0 amide bonds. The van der Waals surface area contributed by atoms with Crippen LogP contribution in [0.25, 0.3) is 128 Å². The molecule has 14 aromatic rings. The first kappa shape index (κ1) is 40.4. The largest absolute Gasteiger partial charge is 0.316 e. The predicted octanol–water partition coefficient (Wildman–Crippen LogP) is 16.3. The molecule has 6 nitrogen and oxygen atoms in total. The zero-order chi connectivity index (χ0) is 46.8. The Hall–Kier alpha value is -9.65. The molecule has 0 aliphatic heterocycles. The highest BCUT2D eigenvalue weighted by atomic mass is 15.0. The molecule has 0 radical (unpaired) electrons. The molecule has 0 unspecified atom stereocenters. The van der Waals surface area contributed by atoms with Crippen molar-refractivity contribution >= 4 is 54.5 Å². The van der Waals surface area contributed by atoms with Crippen molar-refractivity contribution in [3.05, 3.63) is 255 Å². The zero-order valence-corrected chi connectivity index (χ0v) is 38.4. The first-order valence-electron chi connectivity index (χ1n) is 24.0. The fraction of sp³-hybridized carbons (Fsp3) is 0. The van der Waals surface area contributed by atoms with Crippen molar-refractivity contribution in [3.63, 3.8) is 0 Å². The van der Waals surface area contributed by atoms with Gasteiger partial charge in [0.25, 0.3) is 0 Å². The minimum absolute atomic E-state index is 0.605. The Morgan fingerprint density at radius 2 is 0.775 bits per heavy atom. The Kier molecular flexibility index (Phi) is 9.42. The van der Waals surface area contributed by atoms with Crippen molar-refractivity contribution < 1.29 is 0 Å². The number of hydrogen-bond acceptors (Lipinski definition) is 3. The number of rotatable bonds is 8. The zero-order valence-electron chi connectivity index (χ0n) is 38.4. The van der Waals surface area contributed by atoms with Crippen molar-refractivity contribution in [2.24, 2.45) is 0 Å². The van der Waals surface area contributed by atoms with Crippen LogP contribution in [0, 0.1) is 0 Å². The maximum absolute atomic E-state index is 5.20. The van der Waals surface area contributed by atoms with E-state index in [1.807, 2.05) is 24.3 Å². The smallest absolute Gasteiger partial charge is 0.164 e. The second kappa shape index (κ2) is 16.5. The maximum Gasteiger partial charge on any atom is 0.164 e. The van der Waals surface area contributed by atoms with Gasteiger partial charge in [0.15, 0.2) is 17.5 Å². The van der Waals surface area contributed by atoms with Crippen molar-refractivity contribution in [3.8, 4) is 73.5 Å². The van der Waals surface area contributed by atoms with Gasteiger partial charge < -0.3 is 13.7 Å². The van der Waals surface area contributed by atoms with Gasteiger partial charge in [-0.05, 0) is 89.0 Å². The number of aromatic nitrogens is 6. The highest BCUT2D eigenvalue weighted by Gasteiger charge is 2.22. The lowest BCUT2D eigenvalue weighted by molar-refractivity contribution is 1.07. The molecule has 0 N–H and O–H groups in total. The fourth-order valence-corrected chi connectivity index (χ4v) is 10.6.